The first-order valence-corrected chi connectivity index (χ1v) is 8.97. The molecule has 1 aromatic heterocycles. The molecule has 1 amide bonds. The van der Waals surface area contributed by atoms with E-state index in [1.165, 1.54) is 24.1 Å². The molecule has 0 atom stereocenters. The van der Waals surface area contributed by atoms with Gasteiger partial charge in [-0.15, -0.1) is 11.3 Å². The van der Waals surface area contributed by atoms with Crippen LogP contribution in [0.15, 0.2) is 22.5 Å². The molecular weight excluding hydrogens is 296 g/mol. The van der Waals surface area contributed by atoms with E-state index in [-0.39, 0.29) is 5.91 Å². The zero-order valence-electron chi connectivity index (χ0n) is 13.0. The van der Waals surface area contributed by atoms with E-state index in [4.69, 9.17) is 5.73 Å². The number of amides is 1. The first kappa shape index (κ1) is 16.8. The van der Waals surface area contributed by atoms with Gasteiger partial charge >= 0.3 is 0 Å². The van der Waals surface area contributed by atoms with Crippen LogP contribution in [0.2, 0.25) is 0 Å². The molecule has 22 heavy (non-hydrogen) atoms. The Morgan fingerprint density at radius 1 is 1.36 bits per heavy atom. The van der Waals surface area contributed by atoms with Gasteiger partial charge in [-0.2, -0.15) is 0 Å². The third-order valence-electron chi connectivity index (χ3n) is 3.85. The number of thiophene rings is 1. The highest BCUT2D eigenvalue weighted by Crippen LogP contribution is 2.17. The van der Waals surface area contributed by atoms with Crippen LogP contribution in [-0.4, -0.2) is 31.0 Å². The number of guanidine groups is 1. The molecule has 0 saturated heterocycles. The average Bonchev–Trinajstić information content (AvgIpc) is 3.01. The molecule has 0 unspecified atom stereocenters. The minimum Gasteiger partial charge on any atom is -0.370 e. The second kappa shape index (κ2) is 9.46. The van der Waals surface area contributed by atoms with Crippen molar-refractivity contribution in [2.45, 2.75) is 51.0 Å². The summed E-state index contributed by atoms with van der Waals surface area (Å²) in [5.74, 6) is 0.521. The van der Waals surface area contributed by atoms with Gasteiger partial charge in [-0.3, -0.25) is 9.79 Å². The summed E-state index contributed by atoms with van der Waals surface area (Å²) < 4.78 is 0. The van der Waals surface area contributed by atoms with Crippen molar-refractivity contribution in [3.8, 4) is 0 Å². The molecule has 1 fully saturated rings. The predicted octanol–water partition coefficient (Wildman–Crippen LogP) is 2.03. The highest BCUT2D eigenvalue weighted by atomic mass is 32.1. The van der Waals surface area contributed by atoms with E-state index in [0.717, 1.165) is 19.3 Å². The zero-order valence-corrected chi connectivity index (χ0v) is 13.8. The summed E-state index contributed by atoms with van der Waals surface area (Å²) in [4.78, 5) is 17.4. The maximum absolute atomic E-state index is 11.8. The minimum atomic E-state index is 0.103. The predicted molar refractivity (Wildman–Crippen MR) is 92.1 cm³/mol. The number of nitrogens with two attached hydrogens (primary N) is 1. The molecule has 4 N–H and O–H groups in total. The molecule has 0 spiro atoms. The molecule has 122 valence electrons. The molecule has 1 aliphatic rings. The van der Waals surface area contributed by atoms with Crippen LogP contribution in [0.1, 0.15) is 43.4 Å². The van der Waals surface area contributed by atoms with Crippen molar-refractivity contribution in [3.05, 3.63) is 22.4 Å². The summed E-state index contributed by atoms with van der Waals surface area (Å²) in [7, 11) is 0. The molecule has 1 aromatic rings. The first-order valence-electron chi connectivity index (χ1n) is 8.09. The molecule has 5 nitrogen and oxygen atoms in total. The van der Waals surface area contributed by atoms with Crippen LogP contribution in [-0.2, 0) is 11.2 Å². The van der Waals surface area contributed by atoms with E-state index in [1.807, 2.05) is 6.07 Å². The Balaban J connectivity index is 1.55. The zero-order chi connectivity index (χ0) is 15.6. The summed E-state index contributed by atoms with van der Waals surface area (Å²) in [5.41, 5.74) is 5.79. The Kier molecular flexibility index (Phi) is 7.22. The minimum absolute atomic E-state index is 0.103. The largest absolute Gasteiger partial charge is 0.370 e. The van der Waals surface area contributed by atoms with E-state index in [0.29, 0.717) is 31.5 Å². The highest BCUT2D eigenvalue weighted by molar-refractivity contribution is 7.09. The molecule has 2 rings (SSSR count). The summed E-state index contributed by atoms with van der Waals surface area (Å²) in [6.07, 6.45) is 7.34. The molecule has 1 aliphatic carbocycles. The van der Waals surface area contributed by atoms with Crippen LogP contribution in [0.25, 0.3) is 0 Å². The topological polar surface area (TPSA) is 79.5 Å². The van der Waals surface area contributed by atoms with E-state index >= 15 is 0 Å². The Bertz CT molecular complexity index is 467. The van der Waals surface area contributed by atoms with Crippen LogP contribution < -0.4 is 16.4 Å². The summed E-state index contributed by atoms with van der Waals surface area (Å²) in [6.45, 7) is 1.21. The van der Waals surface area contributed by atoms with E-state index in [2.05, 4.69) is 27.1 Å². The Labute approximate surface area is 136 Å². The van der Waals surface area contributed by atoms with Gasteiger partial charge < -0.3 is 16.4 Å². The number of carbonyl (C=O) groups is 1. The maximum atomic E-state index is 11.8. The lowest BCUT2D eigenvalue weighted by Gasteiger charge is -2.22. The standard InChI is InChI=1S/C16H26N4OS/c17-16(18-10-8-14-7-4-12-22-14)19-11-9-15(21)20-13-5-2-1-3-6-13/h4,7,12-13H,1-3,5-6,8-11H2,(H,20,21)(H3,17,18,19). The summed E-state index contributed by atoms with van der Waals surface area (Å²) in [5, 5.41) is 8.16. The number of nitrogens with one attached hydrogen (secondary N) is 2. The average molecular weight is 322 g/mol. The number of nitrogens with zero attached hydrogens (tertiary/aromatic N) is 1. The van der Waals surface area contributed by atoms with Crippen molar-refractivity contribution in [2.24, 2.45) is 10.7 Å². The quantitative estimate of drug-likeness (QED) is 0.531. The Hall–Kier alpha value is -1.56. The lowest BCUT2D eigenvalue weighted by Crippen LogP contribution is -2.39. The molecule has 0 aromatic carbocycles. The van der Waals surface area contributed by atoms with E-state index in [1.54, 1.807) is 11.3 Å². The van der Waals surface area contributed by atoms with Crippen molar-refractivity contribution in [3.63, 3.8) is 0 Å². The highest BCUT2D eigenvalue weighted by Gasteiger charge is 2.15. The van der Waals surface area contributed by atoms with Gasteiger partial charge in [-0.1, -0.05) is 25.3 Å². The van der Waals surface area contributed by atoms with Crippen LogP contribution in [0.3, 0.4) is 0 Å². The van der Waals surface area contributed by atoms with Crippen LogP contribution in [0.4, 0.5) is 0 Å². The third-order valence-corrected chi connectivity index (χ3v) is 4.79. The van der Waals surface area contributed by atoms with Crippen LogP contribution >= 0.6 is 11.3 Å². The van der Waals surface area contributed by atoms with Gasteiger partial charge in [0, 0.05) is 36.9 Å². The van der Waals surface area contributed by atoms with Crippen molar-refractivity contribution >= 4 is 23.2 Å². The van der Waals surface area contributed by atoms with Gasteiger partial charge in [0.15, 0.2) is 5.96 Å². The normalized spacial score (nSPS) is 16.5. The second-order valence-electron chi connectivity index (χ2n) is 5.68. The van der Waals surface area contributed by atoms with E-state index < -0.39 is 0 Å². The first-order chi connectivity index (χ1) is 10.7. The molecule has 1 heterocycles. The van der Waals surface area contributed by atoms with Crippen molar-refractivity contribution < 1.29 is 4.79 Å². The van der Waals surface area contributed by atoms with Crippen molar-refractivity contribution in [2.75, 3.05) is 13.1 Å². The smallest absolute Gasteiger partial charge is 0.221 e. The number of hydrogen-bond donors (Lipinski definition) is 3. The fourth-order valence-corrected chi connectivity index (χ4v) is 3.35. The van der Waals surface area contributed by atoms with Gasteiger partial charge in [0.2, 0.25) is 5.91 Å². The monoisotopic (exact) mass is 322 g/mol. The summed E-state index contributed by atoms with van der Waals surface area (Å²) in [6, 6.07) is 4.51. The maximum Gasteiger partial charge on any atom is 0.221 e. The molecule has 1 saturated carbocycles. The molecule has 6 heteroatoms. The third kappa shape index (κ3) is 6.47. The Morgan fingerprint density at radius 3 is 2.91 bits per heavy atom. The van der Waals surface area contributed by atoms with Crippen molar-refractivity contribution in [1.82, 2.24) is 10.6 Å². The van der Waals surface area contributed by atoms with Gasteiger partial charge in [0.25, 0.3) is 0 Å². The Morgan fingerprint density at radius 2 is 2.18 bits per heavy atom. The number of aliphatic imine (C=N–C) groups is 1. The summed E-state index contributed by atoms with van der Waals surface area (Å²) >= 11 is 1.73. The number of carbonyl (C=O) groups excluding carboxylic acids is 1. The number of hydrogen-bond acceptors (Lipinski definition) is 3. The van der Waals surface area contributed by atoms with E-state index in [9.17, 15) is 4.79 Å². The van der Waals surface area contributed by atoms with Gasteiger partial charge in [0.05, 0.1) is 0 Å². The SMILES string of the molecule is NC(=NCCc1cccs1)NCCC(=O)NC1CCCCC1. The fraction of sp³-hybridized carbons (Fsp3) is 0.625. The van der Waals surface area contributed by atoms with Gasteiger partial charge in [-0.05, 0) is 24.3 Å². The van der Waals surface area contributed by atoms with Crippen molar-refractivity contribution in [1.29, 1.82) is 0 Å². The van der Waals surface area contributed by atoms with Crippen LogP contribution in [0.5, 0.6) is 0 Å². The lowest BCUT2D eigenvalue weighted by molar-refractivity contribution is -0.121. The molecular formula is C16H26N4OS. The van der Waals surface area contributed by atoms with Crippen LogP contribution in [0, 0.1) is 0 Å². The molecule has 0 bridgehead atoms. The molecule has 0 radical (unpaired) electrons. The lowest BCUT2D eigenvalue weighted by atomic mass is 9.95. The number of rotatable bonds is 7. The van der Waals surface area contributed by atoms with Gasteiger partial charge in [0.1, 0.15) is 0 Å². The fourth-order valence-electron chi connectivity index (χ4n) is 2.65. The molecule has 0 aliphatic heterocycles. The second-order valence-corrected chi connectivity index (χ2v) is 6.71. The van der Waals surface area contributed by atoms with Gasteiger partial charge in [-0.25, -0.2) is 0 Å².